The zero-order valence-corrected chi connectivity index (χ0v) is 15.5. The second-order valence-electron chi connectivity index (χ2n) is 6.41. The first-order valence-electron chi connectivity index (χ1n) is 8.94. The van der Waals surface area contributed by atoms with Crippen LogP contribution in [-0.2, 0) is 4.74 Å². The lowest BCUT2D eigenvalue weighted by Crippen LogP contribution is -2.07. The maximum Gasteiger partial charge on any atom is 0.340 e. The number of carbonyl (C=O) groups is 1. The van der Waals surface area contributed by atoms with E-state index in [0.29, 0.717) is 22.0 Å². The van der Waals surface area contributed by atoms with Gasteiger partial charge in [-0.05, 0) is 31.2 Å². The minimum absolute atomic E-state index is 0.0844. The summed E-state index contributed by atoms with van der Waals surface area (Å²) in [7, 11) is 0. The van der Waals surface area contributed by atoms with Crippen LogP contribution in [0.1, 0.15) is 23.0 Å². The molecule has 4 rings (SSSR count). The van der Waals surface area contributed by atoms with Crippen LogP contribution in [0.25, 0.3) is 27.4 Å². The fourth-order valence-corrected chi connectivity index (χ4v) is 3.76. The van der Waals surface area contributed by atoms with Gasteiger partial charge in [-0.1, -0.05) is 42.5 Å². The highest BCUT2D eigenvalue weighted by Crippen LogP contribution is 2.47. The van der Waals surface area contributed by atoms with Gasteiger partial charge in [0.05, 0.1) is 23.1 Å². The van der Waals surface area contributed by atoms with E-state index >= 15 is 0 Å². The van der Waals surface area contributed by atoms with E-state index in [2.05, 4.69) is 5.18 Å². The van der Waals surface area contributed by atoms with E-state index in [4.69, 9.17) is 4.74 Å². The standard InChI is InChI=1S/C22H18N2O4/c1-3-28-22(26)17-13(2)24(14-9-5-4-6-10-14)20-16-12-8-7-11-15(16)19(23-27)21(25)18(17)20/h4-12,25H,3H2,1-2H3. The number of nitrogens with zero attached hydrogens (tertiary/aromatic N) is 2. The van der Waals surface area contributed by atoms with Gasteiger partial charge >= 0.3 is 5.97 Å². The smallest absolute Gasteiger partial charge is 0.340 e. The number of aromatic nitrogens is 1. The fraction of sp³-hybridized carbons (Fsp3) is 0.136. The number of rotatable bonds is 4. The Hall–Kier alpha value is -3.67. The van der Waals surface area contributed by atoms with E-state index in [1.165, 1.54) is 0 Å². The van der Waals surface area contributed by atoms with Crippen LogP contribution in [0.4, 0.5) is 5.69 Å². The molecule has 0 aliphatic rings. The number of fused-ring (bicyclic) bond motifs is 3. The first kappa shape index (κ1) is 17.7. The van der Waals surface area contributed by atoms with Crippen molar-refractivity contribution in [1.82, 2.24) is 4.57 Å². The summed E-state index contributed by atoms with van der Waals surface area (Å²) in [4.78, 5) is 24.3. The maximum atomic E-state index is 12.8. The summed E-state index contributed by atoms with van der Waals surface area (Å²) in [5, 5.41) is 15.5. The maximum absolute atomic E-state index is 12.8. The van der Waals surface area contributed by atoms with Gasteiger partial charge in [-0.3, -0.25) is 0 Å². The van der Waals surface area contributed by atoms with Crippen LogP contribution in [0.2, 0.25) is 0 Å². The van der Waals surface area contributed by atoms with Gasteiger partial charge in [0.25, 0.3) is 0 Å². The van der Waals surface area contributed by atoms with Gasteiger partial charge in [-0.25, -0.2) is 4.79 Å². The van der Waals surface area contributed by atoms with Crippen molar-refractivity contribution in [3.05, 3.63) is 70.8 Å². The average Bonchev–Trinajstić information content (AvgIpc) is 3.03. The first-order valence-corrected chi connectivity index (χ1v) is 8.94. The first-order chi connectivity index (χ1) is 13.6. The molecule has 0 amide bonds. The molecule has 0 bridgehead atoms. The lowest BCUT2D eigenvalue weighted by atomic mass is 10.0. The molecule has 0 aliphatic carbocycles. The number of aromatic hydroxyl groups is 1. The van der Waals surface area contributed by atoms with Crippen molar-refractivity contribution >= 4 is 33.3 Å². The highest BCUT2D eigenvalue weighted by Gasteiger charge is 2.28. The Balaban J connectivity index is 2.29. The minimum Gasteiger partial charge on any atom is -0.505 e. The molecular weight excluding hydrogens is 356 g/mol. The largest absolute Gasteiger partial charge is 0.505 e. The predicted octanol–water partition coefficient (Wildman–Crippen LogP) is 5.37. The summed E-state index contributed by atoms with van der Waals surface area (Å²) >= 11 is 0. The number of hydrogen-bond donors (Lipinski definition) is 1. The Morgan fingerprint density at radius 1 is 1.07 bits per heavy atom. The number of esters is 1. The molecule has 0 aliphatic heterocycles. The van der Waals surface area contributed by atoms with Crippen LogP contribution in [0.15, 0.2) is 59.8 Å². The minimum atomic E-state index is -0.554. The van der Waals surface area contributed by atoms with Gasteiger partial charge in [0, 0.05) is 22.2 Å². The molecule has 0 unspecified atom stereocenters. The summed E-state index contributed by atoms with van der Waals surface area (Å²) in [5.74, 6) is -0.869. The molecule has 140 valence electrons. The van der Waals surface area contributed by atoms with Gasteiger partial charge in [0.1, 0.15) is 0 Å². The number of phenols is 1. The molecule has 0 atom stereocenters. The van der Waals surface area contributed by atoms with Crippen LogP contribution in [-0.4, -0.2) is 22.2 Å². The molecule has 28 heavy (non-hydrogen) atoms. The Morgan fingerprint density at radius 3 is 2.36 bits per heavy atom. The van der Waals surface area contributed by atoms with Crippen LogP contribution < -0.4 is 0 Å². The van der Waals surface area contributed by atoms with E-state index in [1.807, 2.05) is 47.0 Å². The predicted molar refractivity (Wildman–Crippen MR) is 109 cm³/mol. The Kier molecular flexibility index (Phi) is 4.31. The van der Waals surface area contributed by atoms with Crippen molar-refractivity contribution in [1.29, 1.82) is 0 Å². The van der Waals surface area contributed by atoms with E-state index in [0.717, 1.165) is 5.69 Å². The van der Waals surface area contributed by atoms with E-state index < -0.39 is 5.97 Å². The lowest BCUT2D eigenvalue weighted by molar-refractivity contribution is 0.0527. The number of nitroso groups, excluding NO2 is 1. The third kappa shape index (κ3) is 2.45. The Morgan fingerprint density at radius 2 is 1.71 bits per heavy atom. The third-order valence-electron chi connectivity index (χ3n) is 4.89. The molecule has 0 fully saturated rings. The zero-order chi connectivity index (χ0) is 19.8. The van der Waals surface area contributed by atoms with Crippen LogP contribution in [0.5, 0.6) is 5.75 Å². The van der Waals surface area contributed by atoms with Gasteiger partial charge in [-0.2, -0.15) is 0 Å². The average molecular weight is 374 g/mol. The van der Waals surface area contributed by atoms with Crippen molar-refractivity contribution in [3.8, 4) is 11.4 Å². The number of ether oxygens (including phenoxy) is 1. The lowest BCUT2D eigenvalue weighted by Gasteiger charge is -2.11. The van der Waals surface area contributed by atoms with E-state index in [1.54, 1.807) is 26.0 Å². The Labute approximate surface area is 160 Å². The van der Waals surface area contributed by atoms with Gasteiger partial charge in [0.2, 0.25) is 0 Å². The summed E-state index contributed by atoms with van der Waals surface area (Å²) in [6.45, 7) is 3.71. The topological polar surface area (TPSA) is 80.9 Å². The third-order valence-corrected chi connectivity index (χ3v) is 4.89. The molecule has 4 aromatic rings. The summed E-state index contributed by atoms with van der Waals surface area (Å²) < 4.78 is 7.14. The number of phenolic OH excluding ortho intramolecular Hbond substituents is 1. The van der Waals surface area contributed by atoms with Gasteiger partial charge in [-0.15, -0.1) is 4.91 Å². The molecule has 1 heterocycles. The van der Waals surface area contributed by atoms with Gasteiger partial charge in [0.15, 0.2) is 11.4 Å². The normalized spacial score (nSPS) is 11.1. The van der Waals surface area contributed by atoms with Crippen molar-refractivity contribution in [2.75, 3.05) is 6.61 Å². The molecule has 3 aromatic carbocycles. The van der Waals surface area contributed by atoms with Crippen molar-refractivity contribution in [3.63, 3.8) is 0 Å². The summed E-state index contributed by atoms with van der Waals surface area (Å²) in [6.07, 6.45) is 0. The molecule has 0 saturated carbocycles. The van der Waals surface area contributed by atoms with Crippen molar-refractivity contribution in [2.45, 2.75) is 13.8 Å². The summed E-state index contributed by atoms with van der Waals surface area (Å²) in [5.41, 5.74) is 2.22. The highest BCUT2D eigenvalue weighted by atomic mass is 16.5. The molecule has 1 N–H and O–H groups in total. The molecule has 0 radical (unpaired) electrons. The molecule has 6 nitrogen and oxygen atoms in total. The molecule has 0 saturated heterocycles. The van der Waals surface area contributed by atoms with Crippen LogP contribution in [0.3, 0.4) is 0 Å². The molecule has 1 aromatic heterocycles. The van der Waals surface area contributed by atoms with Crippen molar-refractivity contribution < 1.29 is 14.6 Å². The van der Waals surface area contributed by atoms with E-state index in [9.17, 15) is 14.8 Å². The second-order valence-corrected chi connectivity index (χ2v) is 6.41. The Bertz CT molecular complexity index is 1230. The quantitative estimate of drug-likeness (QED) is 0.384. The SMILES string of the molecule is CCOC(=O)c1c(C)n(-c2ccccc2)c2c1c(O)c(N=O)c1ccccc12. The fourth-order valence-electron chi connectivity index (χ4n) is 3.76. The highest BCUT2D eigenvalue weighted by molar-refractivity contribution is 6.21. The zero-order valence-electron chi connectivity index (χ0n) is 15.5. The van der Waals surface area contributed by atoms with Crippen molar-refractivity contribution in [2.24, 2.45) is 5.18 Å². The molecule has 6 heteroatoms. The van der Waals surface area contributed by atoms with E-state index in [-0.39, 0.29) is 29.0 Å². The van der Waals surface area contributed by atoms with Crippen LogP contribution >= 0.6 is 0 Å². The monoisotopic (exact) mass is 374 g/mol. The molecular formula is C22H18N2O4. The number of para-hydroxylation sites is 1. The summed E-state index contributed by atoms with van der Waals surface area (Å²) in [6, 6.07) is 16.7. The van der Waals surface area contributed by atoms with Crippen LogP contribution in [0, 0.1) is 11.8 Å². The molecule has 0 spiro atoms. The number of carbonyl (C=O) groups excluding carboxylic acids is 1. The van der Waals surface area contributed by atoms with Gasteiger partial charge < -0.3 is 14.4 Å². The number of benzene rings is 3. The second kappa shape index (κ2) is 6.81. The number of hydrogen-bond acceptors (Lipinski definition) is 5.